The molecule has 1 aromatic carbocycles. The molecule has 0 aliphatic heterocycles. The van der Waals surface area contributed by atoms with Gasteiger partial charge in [0.25, 0.3) is 0 Å². The Morgan fingerprint density at radius 3 is 2.16 bits per heavy atom. The standard InChI is InChI=1S/C16H27ClN2/c1-5-16(6-2,19(7-3)8-4)15(18)13-10-9-11-14(17)12-13/h9-12,15H,5-8,18H2,1-4H3. The van der Waals surface area contributed by atoms with Crippen LogP contribution in [0.2, 0.25) is 5.02 Å². The van der Waals surface area contributed by atoms with Gasteiger partial charge in [0.05, 0.1) is 0 Å². The van der Waals surface area contributed by atoms with Crippen LogP contribution in [-0.2, 0) is 0 Å². The summed E-state index contributed by atoms with van der Waals surface area (Å²) in [4.78, 5) is 2.48. The first-order chi connectivity index (χ1) is 9.05. The minimum atomic E-state index is -0.0129. The normalized spacial score (nSPS) is 13.8. The van der Waals surface area contributed by atoms with Crippen molar-refractivity contribution in [3.05, 3.63) is 34.9 Å². The van der Waals surface area contributed by atoms with Gasteiger partial charge in [0, 0.05) is 16.6 Å². The van der Waals surface area contributed by atoms with Crippen LogP contribution in [0.5, 0.6) is 0 Å². The van der Waals surface area contributed by atoms with E-state index >= 15 is 0 Å². The van der Waals surface area contributed by atoms with Crippen LogP contribution >= 0.6 is 11.6 Å². The van der Waals surface area contributed by atoms with E-state index in [0.29, 0.717) is 0 Å². The number of nitrogens with zero attached hydrogens (tertiary/aromatic N) is 1. The molecule has 0 aliphatic carbocycles. The van der Waals surface area contributed by atoms with Crippen LogP contribution in [0.4, 0.5) is 0 Å². The second-order valence-corrected chi connectivity index (χ2v) is 5.45. The molecule has 0 saturated carbocycles. The SMILES string of the molecule is CCN(CC)C(CC)(CC)C(N)c1cccc(Cl)c1. The summed E-state index contributed by atoms with van der Waals surface area (Å²) >= 11 is 6.10. The molecule has 0 amide bonds. The molecule has 0 aliphatic rings. The van der Waals surface area contributed by atoms with Crippen molar-refractivity contribution in [1.82, 2.24) is 4.90 Å². The van der Waals surface area contributed by atoms with Crippen LogP contribution in [0.25, 0.3) is 0 Å². The summed E-state index contributed by atoms with van der Waals surface area (Å²) in [6.45, 7) is 10.9. The van der Waals surface area contributed by atoms with Crippen LogP contribution in [0.3, 0.4) is 0 Å². The first kappa shape index (κ1) is 16.5. The lowest BCUT2D eigenvalue weighted by atomic mass is 9.79. The summed E-state index contributed by atoms with van der Waals surface area (Å²) in [5.41, 5.74) is 7.75. The second kappa shape index (κ2) is 7.28. The van der Waals surface area contributed by atoms with E-state index in [2.05, 4.69) is 38.7 Å². The zero-order chi connectivity index (χ0) is 14.5. The molecular formula is C16H27ClN2. The topological polar surface area (TPSA) is 29.3 Å². The van der Waals surface area contributed by atoms with E-state index < -0.39 is 0 Å². The van der Waals surface area contributed by atoms with Crippen molar-refractivity contribution in [2.45, 2.75) is 52.1 Å². The van der Waals surface area contributed by atoms with Crippen LogP contribution in [-0.4, -0.2) is 23.5 Å². The van der Waals surface area contributed by atoms with Crippen molar-refractivity contribution in [3.8, 4) is 0 Å². The van der Waals surface area contributed by atoms with Crippen molar-refractivity contribution in [3.63, 3.8) is 0 Å². The van der Waals surface area contributed by atoms with E-state index in [0.717, 1.165) is 36.5 Å². The largest absolute Gasteiger partial charge is 0.322 e. The molecule has 1 unspecified atom stereocenters. The van der Waals surface area contributed by atoms with Gasteiger partial charge in [-0.3, -0.25) is 4.90 Å². The molecule has 1 atom stereocenters. The van der Waals surface area contributed by atoms with E-state index in [1.807, 2.05) is 18.2 Å². The fourth-order valence-electron chi connectivity index (χ4n) is 3.20. The molecule has 0 saturated heterocycles. The van der Waals surface area contributed by atoms with Gasteiger partial charge in [0.2, 0.25) is 0 Å². The summed E-state index contributed by atoms with van der Waals surface area (Å²) in [6.07, 6.45) is 2.08. The first-order valence-electron chi connectivity index (χ1n) is 7.31. The predicted octanol–water partition coefficient (Wildman–Crippen LogP) is 4.24. The maximum atomic E-state index is 6.62. The average Bonchev–Trinajstić information content (AvgIpc) is 2.44. The molecule has 0 fully saturated rings. The molecule has 1 rings (SSSR count). The minimum Gasteiger partial charge on any atom is -0.322 e. The number of benzene rings is 1. The molecule has 3 heteroatoms. The Balaban J connectivity index is 3.17. The van der Waals surface area contributed by atoms with Crippen molar-refractivity contribution in [2.24, 2.45) is 5.73 Å². The predicted molar refractivity (Wildman–Crippen MR) is 84.6 cm³/mol. The minimum absolute atomic E-state index is 0.00812. The maximum Gasteiger partial charge on any atom is 0.0482 e. The van der Waals surface area contributed by atoms with Gasteiger partial charge in [0.1, 0.15) is 0 Å². The van der Waals surface area contributed by atoms with Crippen LogP contribution in [0.1, 0.15) is 52.1 Å². The monoisotopic (exact) mass is 282 g/mol. The smallest absolute Gasteiger partial charge is 0.0482 e. The highest BCUT2D eigenvalue weighted by Crippen LogP contribution is 2.36. The summed E-state index contributed by atoms with van der Waals surface area (Å²) in [7, 11) is 0. The average molecular weight is 283 g/mol. The fraction of sp³-hybridized carbons (Fsp3) is 0.625. The van der Waals surface area contributed by atoms with Crippen molar-refractivity contribution >= 4 is 11.6 Å². The molecule has 2 nitrogen and oxygen atoms in total. The van der Waals surface area contributed by atoms with Crippen molar-refractivity contribution in [2.75, 3.05) is 13.1 Å². The summed E-state index contributed by atoms with van der Waals surface area (Å²) in [6, 6.07) is 7.95. The summed E-state index contributed by atoms with van der Waals surface area (Å²) in [5.74, 6) is 0. The van der Waals surface area contributed by atoms with Crippen LogP contribution in [0, 0.1) is 0 Å². The van der Waals surface area contributed by atoms with Gasteiger partial charge >= 0.3 is 0 Å². The zero-order valence-electron chi connectivity index (χ0n) is 12.6. The molecule has 108 valence electrons. The van der Waals surface area contributed by atoms with Gasteiger partial charge in [-0.05, 0) is 43.6 Å². The van der Waals surface area contributed by atoms with E-state index in [1.165, 1.54) is 0 Å². The number of likely N-dealkylation sites (N-methyl/N-ethyl adjacent to an activating group) is 1. The molecule has 0 aromatic heterocycles. The molecule has 0 bridgehead atoms. The van der Waals surface area contributed by atoms with Gasteiger partial charge < -0.3 is 5.73 Å². The molecule has 0 spiro atoms. The fourth-order valence-corrected chi connectivity index (χ4v) is 3.40. The number of rotatable bonds is 7. The highest BCUT2D eigenvalue weighted by Gasteiger charge is 2.38. The van der Waals surface area contributed by atoms with Gasteiger partial charge in [-0.2, -0.15) is 0 Å². The molecule has 2 N–H and O–H groups in total. The van der Waals surface area contributed by atoms with Gasteiger partial charge in [-0.25, -0.2) is 0 Å². The number of hydrogen-bond donors (Lipinski definition) is 1. The van der Waals surface area contributed by atoms with Gasteiger partial charge in [-0.15, -0.1) is 0 Å². The lowest BCUT2D eigenvalue weighted by Crippen LogP contribution is -2.54. The Morgan fingerprint density at radius 2 is 1.74 bits per heavy atom. The maximum absolute atomic E-state index is 6.62. The Kier molecular flexibility index (Phi) is 6.31. The zero-order valence-corrected chi connectivity index (χ0v) is 13.4. The Morgan fingerprint density at radius 1 is 1.16 bits per heavy atom. The Bertz CT molecular complexity index is 384. The van der Waals surface area contributed by atoms with Crippen molar-refractivity contribution < 1.29 is 0 Å². The lowest BCUT2D eigenvalue weighted by Gasteiger charge is -2.46. The van der Waals surface area contributed by atoms with Gasteiger partial charge in [-0.1, -0.05) is 51.4 Å². The molecule has 19 heavy (non-hydrogen) atoms. The lowest BCUT2D eigenvalue weighted by molar-refractivity contribution is 0.0625. The molecular weight excluding hydrogens is 256 g/mol. The van der Waals surface area contributed by atoms with E-state index in [-0.39, 0.29) is 11.6 Å². The third-order valence-electron chi connectivity index (χ3n) is 4.40. The third kappa shape index (κ3) is 3.31. The Hall–Kier alpha value is -0.570. The van der Waals surface area contributed by atoms with E-state index in [9.17, 15) is 0 Å². The second-order valence-electron chi connectivity index (χ2n) is 5.02. The molecule has 0 heterocycles. The number of halogens is 1. The van der Waals surface area contributed by atoms with Crippen LogP contribution < -0.4 is 5.73 Å². The quantitative estimate of drug-likeness (QED) is 0.810. The summed E-state index contributed by atoms with van der Waals surface area (Å²) < 4.78 is 0. The third-order valence-corrected chi connectivity index (χ3v) is 4.64. The highest BCUT2D eigenvalue weighted by atomic mass is 35.5. The van der Waals surface area contributed by atoms with Crippen molar-refractivity contribution in [1.29, 1.82) is 0 Å². The Labute approximate surface area is 122 Å². The number of hydrogen-bond acceptors (Lipinski definition) is 2. The van der Waals surface area contributed by atoms with E-state index in [1.54, 1.807) is 0 Å². The van der Waals surface area contributed by atoms with Crippen LogP contribution in [0.15, 0.2) is 24.3 Å². The molecule has 0 radical (unpaired) electrons. The summed E-state index contributed by atoms with van der Waals surface area (Å²) in [5, 5.41) is 0.758. The van der Waals surface area contributed by atoms with Gasteiger partial charge in [0.15, 0.2) is 0 Å². The highest BCUT2D eigenvalue weighted by molar-refractivity contribution is 6.30. The number of nitrogens with two attached hydrogens (primary N) is 1. The molecule has 1 aromatic rings. The first-order valence-corrected chi connectivity index (χ1v) is 7.69. The van der Waals surface area contributed by atoms with E-state index in [4.69, 9.17) is 17.3 Å².